The van der Waals surface area contributed by atoms with Crippen molar-refractivity contribution in [3.8, 4) is 17.1 Å². The SMILES string of the molecule is Cc1ccc(OCc2ccc(-c3nc4c5ccccc5ncn4n3)cc2)c(C)c1. The molecule has 5 rings (SSSR count). The van der Waals surface area contributed by atoms with E-state index < -0.39 is 0 Å². The van der Waals surface area contributed by atoms with Gasteiger partial charge < -0.3 is 4.74 Å². The quantitative estimate of drug-likeness (QED) is 0.433. The van der Waals surface area contributed by atoms with Crippen LogP contribution in [0.15, 0.2) is 73.1 Å². The molecule has 0 aliphatic carbocycles. The van der Waals surface area contributed by atoms with Gasteiger partial charge >= 0.3 is 0 Å². The maximum atomic E-state index is 5.98. The van der Waals surface area contributed by atoms with Crippen LogP contribution in [0.5, 0.6) is 5.75 Å². The highest BCUT2D eigenvalue weighted by atomic mass is 16.5. The zero-order valence-electron chi connectivity index (χ0n) is 16.3. The van der Waals surface area contributed by atoms with Crippen molar-refractivity contribution in [2.24, 2.45) is 0 Å². The number of hydrogen-bond acceptors (Lipinski definition) is 4. The van der Waals surface area contributed by atoms with Gasteiger partial charge in [-0.05, 0) is 43.2 Å². The van der Waals surface area contributed by atoms with E-state index in [-0.39, 0.29) is 0 Å². The van der Waals surface area contributed by atoms with Gasteiger partial charge in [-0.1, -0.05) is 54.1 Å². The molecule has 0 radical (unpaired) electrons. The molecule has 3 aromatic carbocycles. The lowest BCUT2D eigenvalue weighted by atomic mass is 10.1. The van der Waals surface area contributed by atoms with Crippen LogP contribution in [-0.4, -0.2) is 19.6 Å². The largest absolute Gasteiger partial charge is 0.489 e. The Morgan fingerprint density at radius 1 is 0.931 bits per heavy atom. The standard InChI is InChI=1S/C24H20N4O/c1-16-7-12-22(17(2)13-16)29-14-18-8-10-19(11-9-18)23-26-24-20-5-3-4-6-21(20)25-15-28(24)27-23/h3-13,15H,14H2,1-2H3. The van der Waals surface area contributed by atoms with E-state index in [1.165, 1.54) is 5.56 Å². The van der Waals surface area contributed by atoms with Crippen molar-refractivity contribution in [2.75, 3.05) is 0 Å². The van der Waals surface area contributed by atoms with E-state index in [2.05, 4.69) is 48.2 Å². The zero-order chi connectivity index (χ0) is 19.8. The van der Waals surface area contributed by atoms with Crippen LogP contribution in [0.2, 0.25) is 0 Å². The molecule has 5 nitrogen and oxygen atoms in total. The summed E-state index contributed by atoms with van der Waals surface area (Å²) in [5.41, 5.74) is 6.18. The maximum Gasteiger partial charge on any atom is 0.182 e. The van der Waals surface area contributed by atoms with Gasteiger partial charge in [0.1, 0.15) is 18.7 Å². The second kappa shape index (κ2) is 7.02. The fraction of sp³-hybridized carbons (Fsp3) is 0.125. The number of hydrogen-bond donors (Lipinski definition) is 0. The van der Waals surface area contributed by atoms with Gasteiger partial charge in [0.05, 0.1) is 5.52 Å². The number of rotatable bonds is 4. The lowest BCUT2D eigenvalue weighted by Gasteiger charge is -2.10. The summed E-state index contributed by atoms with van der Waals surface area (Å²) >= 11 is 0. The van der Waals surface area contributed by atoms with Crippen molar-refractivity contribution in [2.45, 2.75) is 20.5 Å². The average molecular weight is 380 g/mol. The molecule has 5 aromatic rings. The molecule has 0 aliphatic heterocycles. The molecule has 0 aliphatic rings. The third-order valence-corrected chi connectivity index (χ3v) is 5.02. The molecule has 0 amide bonds. The van der Waals surface area contributed by atoms with Crippen molar-refractivity contribution in [1.82, 2.24) is 19.6 Å². The number of aromatic nitrogens is 4. The Labute approximate surface area is 168 Å². The monoisotopic (exact) mass is 380 g/mol. The molecule has 5 heteroatoms. The Morgan fingerprint density at radius 2 is 1.76 bits per heavy atom. The summed E-state index contributed by atoms with van der Waals surface area (Å²) in [4.78, 5) is 9.17. The fourth-order valence-electron chi connectivity index (χ4n) is 3.47. The smallest absolute Gasteiger partial charge is 0.182 e. The predicted molar refractivity (Wildman–Crippen MR) is 114 cm³/mol. The van der Waals surface area contributed by atoms with Gasteiger partial charge in [0, 0.05) is 10.9 Å². The van der Waals surface area contributed by atoms with Crippen molar-refractivity contribution in [3.63, 3.8) is 0 Å². The molecule has 142 valence electrons. The van der Waals surface area contributed by atoms with Gasteiger partial charge in [0.25, 0.3) is 0 Å². The Hall–Kier alpha value is -3.73. The van der Waals surface area contributed by atoms with Gasteiger partial charge in [-0.15, -0.1) is 5.10 Å². The zero-order valence-corrected chi connectivity index (χ0v) is 16.3. The molecule has 2 heterocycles. The fourth-order valence-corrected chi connectivity index (χ4v) is 3.47. The van der Waals surface area contributed by atoms with Crippen LogP contribution in [0.3, 0.4) is 0 Å². The molecule has 29 heavy (non-hydrogen) atoms. The molecular formula is C24H20N4O. The highest BCUT2D eigenvalue weighted by Crippen LogP contribution is 2.23. The first kappa shape index (κ1) is 17.4. The van der Waals surface area contributed by atoms with Gasteiger partial charge in [-0.3, -0.25) is 0 Å². The van der Waals surface area contributed by atoms with E-state index in [4.69, 9.17) is 9.72 Å². The minimum atomic E-state index is 0.525. The number of fused-ring (bicyclic) bond motifs is 3. The Bertz CT molecular complexity index is 1320. The van der Waals surface area contributed by atoms with Crippen LogP contribution < -0.4 is 4.74 Å². The van der Waals surface area contributed by atoms with Gasteiger partial charge in [-0.25, -0.2) is 14.5 Å². The Morgan fingerprint density at radius 3 is 2.59 bits per heavy atom. The maximum absolute atomic E-state index is 5.98. The van der Waals surface area contributed by atoms with Gasteiger partial charge in [-0.2, -0.15) is 0 Å². The summed E-state index contributed by atoms with van der Waals surface area (Å²) in [6.45, 7) is 4.68. The third-order valence-electron chi connectivity index (χ3n) is 5.02. The molecule has 0 saturated carbocycles. The topological polar surface area (TPSA) is 52.3 Å². The van der Waals surface area contributed by atoms with Crippen LogP contribution in [0.1, 0.15) is 16.7 Å². The molecule has 0 unspecified atom stereocenters. The summed E-state index contributed by atoms with van der Waals surface area (Å²) in [7, 11) is 0. The van der Waals surface area contributed by atoms with Crippen molar-refractivity contribution in [1.29, 1.82) is 0 Å². The van der Waals surface area contributed by atoms with E-state index in [1.54, 1.807) is 10.8 Å². The minimum absolute atomic E-state index is 0.525. The lowest BCUT2D eigenvalue weighted by molar-refractivity contribution is 0.304. The predicted octanol–water partition coefficient (Wildman–Crippen LogP) is 5.14. The first-order chi connectivity index (χ1) is 14.2. The van der Waals surface area contributed by atoms with Crippen LogP contribution >= 0.6 is 0 Å². The molecule has 0 N–H and O–H groups in total. The van der Waals surface area contributed by atoms with Crippen LogP contribution in [0.4, 0.5) is 0 Å². The molecule has 0 saturated heterocycles. The molecule has 0 atom stereocenters. The summed E-state index contributed by atoms with van der Waals surface area (Å²) in [6, 6.07) is 22.4. The Balaban J connectivity index is 1.39. The summed E-state index contributed by atoms with van der Waals surface area (Å²) in [5.74, 6) is 1.60. The number of para-hydroxylation sites is 1. The van der Waals surface area contributed by atoms with Gasteiger partial charge in [0.2, 0.25) is 0 Å². The van der Waals surface area contributed by atoms with Crippen LogP contribution in [-0.2, 0) is 6.61 Å². The minimum Gasteiger partial charge on any atom is -0.489 e. The average Bonchev–Trinajstić information content (AvgIpc) is 3.18. The van der Waals surface area contributed by atoms with Gasteiger partial charge in [0.15, 0.2) is 11.5 Å². The van der Waals surface area contributed by atoms with Crippen LogP contribution in [0, 0.1) is 13.8 Å². The van der Waals surface area contributed by atoms with Crippen molar-refractivity contribution < 1.29 is 4.74 Å². The number of aryl methyl sites for hydroxylation is 2. The highest BCUT2D eigenvalue weighted by Gasteiger charge is 2.10. The summed E-state index contributed by atoms with van der Waals surface area (Å²) < 4.78 is 7.71. The first-order valence-electron chi connectivity index (χ1n) is 9.57. The normalized spacial score (nSPS) is 11.2. The third kappa shape index (κ3) is 3.31. The second-order valence-electron chi connectivity index (χ2n) is 7.22. The number of nitrogens with zero attached hydrogens (tertiary/aromatic N) is 4. The van der Waals surface area contributed by atoms with Crippen molar-refractivity contribution >= 4 is 16.6 Å². The van der Waals surface area contributed by atoms with Crippen LogP contribution in [0.25, 0.3) is 27.9 Å². The molecule has 0 fully saturated rings. The molecule has 0 bridgehead atoms. The summed E-state index contributed by atoms with van der Waals surface area (Å²) in [6.07, 6.45) is 1.71. The molecule has 2 aromatic heterocycles. The second-order valence-corrected chi connectivity index (χ2v) is 7.22. The van der Waals surface area contributed by atoms with E-state index in [0.29, 0.717) is 12.4 Å². The van der Waals surface area contributed by atoms with E-state index >= 15 is 0 Å². The number of benzene rings is 3. The summed E-state index contributed by atoms with van der Waals surface area (Å²) in [5, 5.41) is 5.58. The molecule has 0 spiro atoms. The van der Waals surface area contributed by atoms with E-state index in [9.17, 15) is 0 Å². The Kier molecular flexibility index (Phi) is 4.21. The molecular weight excluding hydrogens is 360 g/mol. The van der Waals surface area contributed by atoms with Crippen molar-refractivity contribution in [3.05, 3.63) is 89.7 Å². The van der Waals surface area contributed by atoms with E-state index in [1.807, 2.05) is 42.5 Å². The lowest BCUT2D eigenvalue weighted by Crippen LogP contribution is -1.97. The van der Waals surface area contributed by atoms with E-state index in [0.717, 1.165) is 39.0 Å². The first-order valence-corrected chi connectivity index (χ1v) is 9.57. The number of ether oxygens (including phenoxy) is 1. The highest BCUT2D eigenvalue weighted by molar-refractivity contribution is 5.91.